The third-order valence-electron chi connectivity index (χ3n) is 4.59. The average Bonchev–Trinajstić information content (AvgIpc) is 2.75. The number of carbonyl (C=O) groups is 2. The number of aromatic nitrogens is 2. The Morgan fingerprint density at radius 3 is 2.67 bits per heavy atom. The molecule has 0 saturated heterocycles. The van der Waals surface area contributed by atoms with Crippen LogP contribution >= 0.6 is 0 Å². The highest BCUT2D eigenvalue weighted by Crippen LogP contribution is 2.29. The first kappa shape index (κ1) is 20.9. The van der Waals surface area contributed by atoms with Crippen molar-refractivity contribution in [3.8, 4) is 0 Å². The fraction of sp³-hybridized carbons (Fsp3) is 0.182. The first-order chi connectivity index (χ1) is 14.5. The van der Waals surface area contributed by atoms with Crippen molar-refractivity contribution in [1.82, 2.24) is 15.3 Å². The summed E-state index contributed by atoms with van der Waals surface area (Å²) >= 11 is 0. The normalized spacial score (nSPS) is 11.5. The zero-order valence-electron chi connectivity index (χ0n) is 16.4. The Balaban J connectivity index is 1.93. The van der Waals surface area contributed by atoms with Crippen LogP contribution in [0.25, 0.3) is 0 Å². The van der Waals surface area contributed by atoms with Gasteiger partial charge in [-0.15, -0.1) is 0 Å². The molecule has 0 aliphatic heterocycles. The van der Waals surface area contributed by atoms with E-state index in [4.69, 9.17) is 5.73 Å². The molecule has 2 aromatic heterocycles. The second kappa shape index (κ2) is 9.60. The van der Waals surface area contributed by atoms with E-state index in [-0.39, 0.29) is 17.4 Å². The Kier molecular flexibility index (Phi) is 6.69. The van der Waals surface area contributed by atoms with Crippen LogP contribution in [-0.4, -0.2) is 35.4 Å². The molecule has 154 valence electrons. The molecule has 7 nitrogen and oxygen atoms in total. The third-order valence-corrected chi connectivity index (χ3v) is 4.59. The summed E-state index contributed by atoms with van der Waals surface area (Å²) in [4.78, 5) is 32.8. The maximum absolute atomic E-state index is 13.4. The summed E-state index contributed by atoms with van der Waals surface area (Å²) in [5, 5.41) is 5.69. The molecule has 0 bridgehead atoms. The maximum Gasteiger partial charge on any atom is 0.269 e. The van der Waals surface area contributed by atoms with Gasteiger partial charge in [-0.1, -0.05) is 24.3 Å². The highest BCUT2D eigenvalue weighted by atomic mass is 19.1. The minimum Gasteiger partial charge on any atom is -0.369 e. The molecule has 4 N–H and O–H groups in total. The lowest BCUT2D eigenvalue weighted by molar-refractivity contribution is -0.118. The lowest BCUT2D eigenvalue weighted by Crippen LogP contribution is -2.25. The van der Waals surface area contributed by atoms with Crippen LogP contribution in [0.2, 0.25) is 0 Å². The summed E-state index contributed by atoms with van der Waals surface area (Å²) in [6, 6.07) is 13.0. The van der Waals surface area contributed by atoms with Gasteiger partial charge in [-0.2, -0.15) is 0 Å². The van der Waals surface area contributed by atoms with Crippen LogP contribution in [0.5, 0.6) is 0 Å². The molecule has 8 heteroatoms. The first-order valence-corrected chi connectivity index (χ1v) is 9.40. The van der Waals surface area contributed by atoms with Gasteiger partial charge in [-0.25, -0.2) is 9.37 Å². The molecule has 0 saturated carbocycles. The van der Waals surface area contributed by atoms with Crippen LogP contribution in [-0.2, 0) is 11.2 Å². The van der Waals surface area contributed by atoms with E-state index in [1.165, 1.54) is 25.2 Å². The summed E-state index contributed by atoms with van der Waals surface area (Å²) in [6.07, 6.45) is 3.70. The van der Waals surface area contributed by atoms with E-state index in [0.29, 0.717) is 29.9 Å². The smallest absolute Gasteiger partial charge is 0.269 e. The standard InChI is InChI=1S/C22H22FN5O2/c1-25-22(30)18-8-7-17(19(20(24)29)15-5-3-10-26-13-15)21(28-18)27-11-9-14-4-2-6-16(23)12-14/h2-8,10,12-13,19H,9,11H2,1H3,(H2,24,29)(H,25,30)(H,27,28). The minimum atomic E-state index is -0.790. The molecular weight excluding hydrogens is 385 g/mol. The third kappa shape index (κ3) is 4.96. The fourth-order valence-corrected chi connectivity index (χ4v) is 3.16. The predicted molar refractivity (Wildman–Crippen MR) is 111 cm³/mol. The molecule has 0 aliphatic carbocycles. The Labute approximate surface area is 173 Å². The lowest BCUT2D eigenvalue weighted by atomic mass is 9.91. The number of nitrogens with one attached hydrogen (secondary N) is 2. The number of carbonyl (C=O) groups excluding carboxylic acids is 2. The van der Waals surface area contributed by atoms with Gasteiger partial charge in [0, 0.05) is 31.5 Å². The number of benzene rings is 1. The molecule has 0 radical (unpaired) electrons. The van der Waals surface area contributed by atoms with Crippen molar-refractivity contribution >= 4 is 17.6 Å². The van der Waals surface area contributed by atoms with Crippen LogP contribution in [0, 0.1) is 5.82 Å². The second-order valence-electron chi connectivity index (χ2n) is 6.64. The van der Waals surface area contributed by atoms with E-state index in [9.17, 15) is 14.0 Å². The van der Waals surface area contributed by atoms with Crippen molar-refractivity contribution in [3.63, 3.8) is 0 Å². The number of pyridine rings is 2. The van der Waals surface area contributed by atoms with E-state index in [0.717, 1.165) is 5.56 Å². The highest BCUT2D eigenvalue weighted by Gasteiger charge is 2.25. The Morgan fingerprint density at radius 1 is 1.17 bits per heavy atom. The van der Waals surface area contributed by atoms with E-state index < -0.39 is 11.8 Å². The van der Waals surface area contributed by atoms with Gasteiger partial charge in [0.2, 0.25) is 5.91 Å². The summed E-state index contributed by atoms with van der Waals surface area (Å²) in [5.74, 6) is -1.66. The molecule has 1 aromatic carbocycles. The lowest BCUT2D eigenvalue weighted by Gasteiger charge is -2.19. The Hall–Kier alpha value is -3.81. The topological polar surface area (TPSA) is 110 Å². The molecule has 2 heterocycles. The molecule has 0 fully saturated rings. The molecule has 0 spiro atoms. The summed E-state index contributed by atoms with van der Waals surface area (Å²) < 4.78 is 13.4. The second-order valence-corrected chi connectivity index (χ2v) is 6.64. The van der Waals surface area contributed by atoms with Crippen LogP contribution in [0.3, 0.4) is 0 Å². The van der Waals surface area contributed by atoms with Gasteiger partial charge in [-0.3, -0.25) is 14.6 Å². The molecule has 30 heavy (non-hydrogen) atoms. The maximum atomic E-state index is 13.4. The van der Waals surface area contributed by atoms with Gasteiger partial charge in [0.05, 0.1) is 5.92 Å². The molecule has 0 aliphatic rings. The average molecular weight is 407 g/mol. The molecule has 3 rings (SSSR count). The zero-order valence-corrected chi connectivity index (χ0v) is 16.4. The number of halogens is 1. The van der Waals surface area contributed by atoms with Crippen LogP contribution < -0.4 is 16.4 Å². The predicted octanol–water partition coefficient (Wildman–Crippen LogP) is 2.25. The zero-order chi connectivity index (χ0) is 21.5. The Bertz CT molecular complexity index is 1040. The van der Waals surface area contributed by atoms with Gasteiger partial charge in [0.15, 0.2) is 0 Å². The van der Waals surface area contributed by atoms with Crippen molar-refractivity contribution in [1.29, 1.82) is 0 Å². The van der Waals surface area contributed by atoms with Crippen molar-refractivity contribution in [2.45, 2.75) is 12.3 Å². The Morgan fingerprint density at radius 2 is 2.00 bits per heavy atom. The van der Waals surface area contributed by atoms with E-state index in [1.54, 1.807) is 36.7 Å². The van der Waals surface area contributed by atoms with Crippen molar-refractivity contribution in [3.05, 3.63) is 89.1 Å². The highest BCUT2D eigenvalue weighted by molar-refractivity contribution is 5.93. The number of nitrogens with zero attached hydrogens (tertiary/aromatic N) is 2. The van der Waals surface area contributed by atoms with E-state index >= 15 is 0 Å². The molecule has 1 unspecified atom stereocenters. The number of nitrogens with two attached hydrogens (primary N) is 1. The van der Waals surface area contributed by atoms with Crippen molar-refractivity contribution in [2.75, 3.05) is 18.9 Å². The van der Waals surface area contributed by atoms with Crippen LogP contribution in [0.15, 0.2) is 60.9 Å². The van der Waals surface area contributed by atoms with Gasteiger partial charge >= 0.3 is 0 Å². The quantitative estimate of drug-likeness (QED) is 0.531. The number of amides is 2. The summed E-state index contributed by atoms with van der Waals surface area (Å²) in [6.45, 7) is 0.416. The van der Waals surface area contributed by atoms with Crippen LogP contribution in [0.4, 0.5) is 10.2 Å². The van der Waals surface area contributed by atoms with Gasteiger partial charge in [-0.05, 0) is 41.8 Å². The number of rotatable bonds is 8. The summed E-state index contributed by atoms with van der Waals surface area (Å²) in [5.41, 5.74) is 7.84. The largest absolute Gasteiger partial charge is 0.369 e. The molecule has 1 atom stereocenters. The monoisotopic (exact) mass is 407 g/mol. The van der Waals surface area contributed by atoms with Gasteiger partial charge in [0.25, 0.3) is 5.91 Å². The van der Waals surface area contributed by atoms with Crippen molar-refractivity contribution < 1.29 is 14.0 Å². The van der Waals surface area contributed by atoms with Crippen LogP contribution in [0.1, 0.15) is 33.1 Å². The van der Waals surface area contributed by atoms with Crippen molar-refractivity contribution in [2.24, 2.45) is 5.73 Å². The van der Waals surface area contributed by atoms with E-state index in [1.807, 2.05) is 6.07 Å². The SMILES string of the molecule is CNC(=O)c1ccc(C(C(N)=O)c2cccnc2)c(NCCc2cccc(F)c2)n1. The van der Waals surface area contributed by atoms with Gasteiger partial charge < -0.3 is 16.4 Å². The number of anilines is 1. The summed E-state index contributed by atoms with van der Waals surface area (Å²) in [7, 11) is 1.51. The van der Waals surface area contributed by atoms with E-state index in [2.05, 4.69) is 20.6 Å². The first-order valence-electron chi connectivity index (χ1n) is 9.40. The fourth-order valence-electron chi connectivity index (χ4n) is 3.16. The number of hydrogen-bond donors (Lipinski definition) is 3. The molecule has 3 aromatic rings. The van der Waals surface area contributed by atoms with Gasteiger partial charge in [0.1, 0.15) is 17.3 Å². The minimum absolute atomic E-state index is 0.198. The molecular formula is C22H22FN5O2. The molecule has 2 amide bonds. The number of hydrogen-bond acceptors (Lipinski definition) is 5. The number of primary amides is 1.